The zero-order valence-electron chi connectivity index (χ0n) is 29.5. The number of allylic oxidation sites excluding steroid dienone is 1. The molecule has 0 bridgehead atoms. The minimum absolute atomic E-state index is 0.140. The van der Waals surface area contributed by atoms with E-state index >= 15 is 0 Å². The number of carbonyl (C=O) groups is 2. The van der Waals surface area contributed by atoms with Gasteiger partial charge in [-0.05, 0) is 84.6 Å². The maximum atomic E-state index is 14.2. The van der Waals surface area contributed by atoms with E-state index in [2.05, 4.69) is 29.3 Å². The van der Waals surface area contributed by atoms with E-state index in [4.69, 9.17) is 28.4 Å². The summed E-state index contributed by atoms with van der Waals surface area (Å²) in [6.07, 6.45) is 1.76. The Morgan fingerprint density at radius 2 is 1.62 bits per heavy atom. The summed E-state index contributed by atoms with van der Waals surface area (Å²) in [5, 5.41) is 2.29. The molecule has 5 aromatic rings. The zero-order chi connectivity index (χ0) is 36.8. The molecule has 0 aliphatic carbocycles. The molecule has 0 saturated heterocycles. The molecule has 2 heterocycles. The maximum absolute atomic E-state index is 14.2. The van der Waals surface area contributed by atoms with Crippen LogP contribution in [-0.2, 0) is 25.7 Å². The topological polar surface area (TPSA) is 124 Å². The van der Waals surface area contributed by atoms with Crippen molar-refractivity contribution in [1.29, 1.82) is 0 Å². The van der Waals surface area contributed by atoms with Gasteiger partial charge in [0.05, 0.1) is 49.3 Å². The second-order valence-corrected chi connectivity index (χ2v) is 12.7. The Morgan fingerprint density at radius 3 is 2.37 bits per heavy atom. The standard InChI is InChI=1S/C40H38N2O9S/c1-6-48-33-21-29(15-17-31(33)51-23-35(43)47-5)37-36(39(45)49-7-2)24(3)41-40-42(37)38(44)34(52-40)20-25-13-16-30(32(19-25)46-4)50-22-26-12-14-27-10-8-9-11-28(27)18-26/h8-21,37H,6-7,22-23H2,1-5H3/b34-20-/t37-/m0/s1. The average Bonchev–Trinajstić information content (AvgIpc) is 3.46. The van der Waals surface area contributed by atoms with Gasteiger partial charge in [0.25, 0.3) is 5.56 Å². The van der Waals surface area contributed by atoms with E-state index in [1.807, 2.05) is 43.3 Å². The Hall–Kier alpha value is -5.88. The van der Waals surface area contributed by atoms with E-state index in [1.54, 1.807) is 45.2 Å². The normalized spacial score (nSPS) is 14.0. The van der Waals surface area contributed by atoms with Gasteiger partial charge >= 0.3 is 11.9 Å². The van der Waals surface area contributed by atoms with E-state index in [9.17, 15) is 14.4 Å². The Balaban J connectivity index is 1.36. The van der Waals surface area contributed by atoms with Crippen LogP contribution in [0.1, 0.15) is 43.5 Å². The number of nitrogens with zero attached hydrogens (tertiary/aromatic N) is 2. The lowest BCUT2D eigenvalue weighted by atomic mass is 9.95. The largest absolute Gasteiger partial charge is 0.493 e. The molecule has 0 saturated carbocycles. The number of esters is 2. The number of hydrogen-bond donors (Lipinski definition) is 0. The molecule has 1 aliphatic heterocycles. The van der Waals surface area contributed by atoms with E-state index in [-0.39, 0.29) is 24.3 Å². The molecule has 52 heavy (non-hydrogen) atoms. The van der Waals surface area contributed by atoms with Crippen molar-refractivity contribution in [3.05, 3.63) is 127 Å². The molecular formula is C40H38N2O9S. The van der Waals surface area contributed by atoms with Crippen LogP contribution in [0.15, 0.2) is 99.9 Å². The quantitative estimate of drug-likeness (QED) is 0.145. The highest BCUT2D eigenvalue weighted by atomic mass is 32.1. The average molecular weight is 723 g/mol. The van der Waals surface area contributed by atoms with Crippen molar-refractivity contribution in [2.45, 2.75) is 33.4 Å². The third-order valence-corrected chi connectivity index (χ3v) is 9.35. The van der Waals surface area contributed by atoms with Crippen LogP contribution in [0.4, 0.5) is 0 Å². The fraction of sp³-hybridized carbons (Fsp3) is 0.250. The summed E-state index contributed by atoms with van der Waals surface area (Å²) in [5.74, 6) is 0.574. The van der Waals surface area contributed by atoms with Gasteiger partial charge in [0.2, 0.25) is 0 Å². The Labute approximate surface area is 304 Å². The number of carbonyl (C=O) groups excluding carboxylic acids is 2. The lowest BCUT2D eigenvalue weighted by Crippen LogP contribution is -2.40. The number of aromatic nitrogens is 1. The molecule has 0 amide bonds. The van der Waals surface area contributed by atoms with Crippen LogP contribution in [0.25, 0.3) is 16.8 Å². The van der Waals surface area contributed by atoms with E-state index in [1.165, 1.54) is 23.0 Å². The van der Waals surface area contributed by atoms with Gasteiger partial charge in [-0.25, -0.2) is 14.6 Å². The molecule has 0 spiro atoms. The zero-order valence-corrected chi connectivity index (χ0v) is 30.3. The molecule has 1 aromatic heterocycles. The van der Waals surface area contributed by atoms with Crippen LogP contribution in [0.2, 0.25) is 0 Å². The number of hydrogen-bond acceptors (Lipinski definition) is 11. The van der Waals surface area contributed by atoms with Gasteiger partial charge in [-0.3, -0.25) is 9.36 Å². The van der Waals surface area contributed by atoms with Crippen LogP contribution < -0.4 is 33.8 Å². The van der Waals surface area contributed by atoms with Gasteiger partial charge in [0, 0.05) is 0 Å². The third kappa shape index (κ3) is 7.57. The van der Waals surface area contributed by atoms with Gasteiger partial charge in [0.15, 0.2) is 34.4 Å². The van der Waals surface area contributed by atoms with Crippen LogP contribution in [0.5, 0.6) is 23.0 Å². The van der Waals surface area contributed by atoms with Crippen molar-refractivity contribution >= 4 is 40.1 Å². The number of ether oxygens (including phenoxy) is 6. The van der Waals surface area contributed by atoms with Gasteiger partial charge in [-0.15, -0.1) is 0 Å². The lowest BCUT2D eigenvalue weighted by molar-refractivity contribution is -0.143. The summed E-state index contributed by atoms with van der Waals surface area (Å²) >= 11 is 1.21. The molecule has 1 aliphatic rings. The van der Waals surface area contributed by atoms with Gasteiger partial charge in [0.1, 0.15) is 6.61 Å². The molecule has 0 unspecified atom stereocenters. The number of fused-ring (bicyclic) bond motifs is 2. The van der Waals surface area contributed by atoms with Crippen LogP contribution in [-0.4, -0.2) is 50.5 Å². The molecule has 6 rings (SSSR count). The molecule has 1 atom stereocenters. The third-order valence-electron chi connectivity index (χ3n) is 8.37. The highest BCUT2D eigenvalue weighted by Crippen LogP contribution is 2.37. The minimum atomic E-state index is -0.883. The summed E-state index contributed by atoms with van der Waals surface area (Å²) in [6.45, 7) is 5.72. The highest BCUT2D eigenvalue weighted by Gasteiger charge is 2.34. The number of rotatable bonds is 13. The van der Waals surface area contributed by atoms with Crippen LogP contribution in [0, 0.1) is 0 Å². The first-order chi connectivity index (χ1) is 25.2. The van der Waals surface area contributed by atoms with Gasteiger partial charge < -0.3 is 28.4 Å². The lowest BCUT2D eigenvalue weighted by Gasteiger charge is -2.25. The van der Waals surface area contributed by atoms with E-state index in [0.717, 1.165) is 16.3 Å². The van der Waals surface area contributed by atoms with Gasteiger partial charge in [-0.1, -0.05) is 59.9 Å². The maximum Gasteiger partial charge on any atom is 0.343 e. The molecule has 11 nitrogen and oxygen atoms in total. The molecule has 0 fully saturated rings. The van der Waals surface area contributed by atoms with Crippen molar-refractivity contribution in [2.75, 3.05) is 34.0 Å². The van der Waals surface area contributed by atoms with Crippen LogP contribution >= 0.6 is 11.3 Å². The fourth-order valence-corrected chi connectivity index (χ4v) is 6.97. The second kappa shape index (κ2) is 16.0. The molecule has 4 aromatic carbocycles. The Morgan fingerprint density at radius 1 is 0.846 bits per heavy atom. The summed E-state index contributed by atoms with van der Waals surface area (Å²) in [7, 11) is 2.84. The van der Waals surface area contributed by atoms with Crippen molar-refractivity contribution in [2.24, 2.45) is 4.99 Å². The molecular weight excluding hydrogens is 685 g/mol. The number of benzene rings is 4. The predicted molar refractivity (Wildman–Crippen MR) is 197 cm³/mol. The fourth-order valence-electron chi connectivity index (χ4n) is 5.92. The molecule has 0 N–H and O–H groups in total. The highest BCUT2D eigenvalue weighted by molar-refractivity contribution is 7.07. The summed E-state index contributed by atoms with van der Waals surface area (Å²) in [4.78, 5) is 44.5. The molecule has 12 heteroatoms. The predicted octanol–water partition coefficient (Wildman–Crippen LogP) is 5.49. The Kier molecular flexibility index (Phi) is 11.0. The SMILES string of the molecule is CCOC(=O)C1=C(C)N=c2s/c(=C\c3ccc(OCc4ccc5ccccc5c4)c(OC)c3)c(=O)n2[C@H]1c1ccc(OCC(=O)OC)c(OCC)c1. The number of thiazole rings is 1. The monoisotopic (exact) mass is 722 g/mol. The summed E-state index contributed by atoms with van der Waals surface area (Å²) < 4.78 is 35.3. The van der Waals surface area contributed by atoms with Crippen molar-refractivity contribution in [3.63, 3.8) is 0 Å². The molecule has 268 valence electrons. The first kappa shape index (κ1) is 35.9. The van der Waals surface area contributed by atoms with Crippen LogP contribution in [0.3, 0.4) is 0 Å². The Bertz CT molecular complexity index is 2360. The molecule has 0 radical (unpaired) electrons. The van der Waals surface area contributed by atoms with E-state index in [0.29, 0.717) is 62.4 Å². The second-order valence-electron chi connectivity index (χ2n) is 11.7. The van der Waals surface area contributed by atoms with Crippen molar-refractivity contribution < 1.29 is 38.0 Å². The summed E-state index contributed by atoms with van der Waals surface area (Å²) in [5.41, 5.74) is 2.60. The minimum Gasteiger partial charge on any atom is -0.493 e. The summed E-state index contributed by atoms with van der Waals surface area (Å²) in [6, 6.07) is 24.0. The van der Waals surface area contributed by atoms with Gasteiger partial charge in [-0.2, -0.15) is 0 Å². The van der Waals surface area contributed by atoms with Crippen molar-refractivity contribution in [1.82, 2.24) is 4.57 Å². The van der Waals surface area contributed by atoms with Crippen molar-refractivity contribution in [3.8, 4) is 23.0 Å². The first-order valence-electron chi connectivity index (χ1n) is 16.7. The first-order valence-corrected chi connectivity index (χ1v) is 17.5. The smallest absolute Gasteiger partial charge is 0.343 e. The number of methoxy groups -OCH3 is 2. The van der Waals surface area contributed by atoms with E-state index < -0.39 is 18.0 Å².